The van der Waals surface area contributed by atoms with Gasteiger partial charge in [-0.15, -0.1) is 0 Å². The molecule has 0 aliphatic rings. The van der Waals surface area contributed by atoms with Gasteiger partial charge in [-0.1, -0.05) is 46.9 Å². The van der Waals surface area contributed by atoms with Gasteiger partial charge in [-0.2, -0.15) is 0 Å². The highest BCUT2D eigenvalue weighted by atomic mass is 35.5. The molecule has 0 spiro atoms. The molecule has 0 aliphatic heterocycles. The van der Waals surface area contributed by atoms with E-state index in [0.717, 1.165) is 10.9 Å². The first kappa shape index (κ1) is 15.2. The summed E-state index contributed by atoms with van der Waals surface area (Å²) >= 11 is 18.0. The number of benzene rings is 2. The first-order chi connectivity index (χ1) is 10.5. The molecule has 0 radical (unpaired) electrons. The van der Waals surface area contributed by atoms with Gasteiger partial charge < -0.3 is 9.88 Å². The van der Waals surface area contributed by atoms with Crippen molar-refractivity contribution < 1.29 is 4.79 Å². The zero-order chi connectivity index (χ0) is 15.9. The number of hydrogen-bond acceptors (Lipinski definition) is 1. The van der Waals surface area contributed by atoms with Crippen molar-refractivity contribution in [3.8, 4) is 0 Å². The Hall–Kier alpha value is -1.68. The largest absolute Gasteiger partial charge is 0.340 e. The van der Waals surface area contributed by atoms with Crippen LogP contribution >= 0.6 is 34.8 Å². The number of carbonyl (C=O) groups is 1. The first-order valence-electron chi connectivity index (χ1n) is 6.47. The lowest BCUT2D eigenvalue weighted by Crippen LogP contribution is -2.15. The molecule has 0 atom stereocenters. The van der Waals surface area contributed by atoms with Gasteiger partial charge in [0.25, 0.3) is 5.91 Å². The van der Waals surface area contributed by atoms with E-state index in [0.29, 0.717) is 26.4 Å². The molecule has 112 valence electrons. The van der Waals surface area contributed by atoms with Gasteiger partial charge >= 0.3 is 0 Å². The van der Waals surface area contributed by atoms with Crippen LogP contribution in [0.15, 0.2) is 42.5 Å². The third-order valence-corrected chi connectivity index (χ3v) is 4.49. The second kappa shape index (κ2) is 5.84. The standard InChI is InChI=1S/C16H11Cl3N2O/c1-21-13-8-10(17)6-5-9(13)7-14(21)16(22)20-12-4-2-3-11(18)15(12)19/h2-8H,1H3,(H,20,22). The zero-order valence-corrected chi connectivity index (χ0v) is 13.8. The minimum atomic E-state index is -0.265. The summed E-state index contributed by atoms with van der Waals surface area (Å²) in [6, 6.07) is 12.4. The Kier molecular flexibility index (Phi) is 4.04. The molecule has 3 aromatic rings. The van der Waals surface area contributed by atoms with Crippen molar-refractivity contribution in [2.24, 2.45) is 7.05 Å². The van der Waals surface area contributed by atoms with Gasteiger partial charge in [-0.3, -0.25) is 4.79 Å². The number of amides is 1. The summed E-state index contributed by atoms with van der Waals surface area (Å²) in [5.74, 6) is -0.265. The minimum absolute atomic E-state index is 0.265. The zero-order valence-electron chi connectivity index (χ0n) is 11.5. The maximum atomic E-state index is 12.5. The summed E-state index contributed by atoms with van der Waals surface area (Å²) in [4.78, 5) is 12.5. The number of hydrogen-bond donors (Lipinski definition) is 1. The molecule has 1 heterocycles. The summed E-state index contributed by atoms with van der Waals surface area (Å²) < 4.78 is 1.79. The minimum Gasteiger partial charge on any atom is -0.340 e. The molecule has 0 aliphatic carbocycles. The van der Waals surface area contributed by atoms with E-state index >= 15 is 0 Å². The van der Waals surface area contributed by atoms with Gasteiger partial charge in [0.05, 0.1) is 15.7 Å². The fourth-order valence-electron chi connectivity index (χ4n) is 2.31. The van der Waals surface area contributed by atoms with Gasteiger partial charge in [-0.25, -0.2) is 0 Å². The SMILES string of the molecule is Cn1c(C(=O)Nc2cccc(Cl)c2Cl)cc2ccc(Cl)cc21. The predicted molar refractivity (Wildman–Crippen MR) is 92.3 cm³/mol. The Morgan fingerprint density at radius 1 is 1.09 bits per heavy atom. The van der Waals surface area contributed by atoms with Crippen molar-refractivity contribution in [1.82, 2.24) is 4.57 Å². The summed E-state index contributed by atoms with van der Waals surface area (Å²) in [6.45, 7) is 0. The van der Waals surface area contributed by atoms with Crippen LogP contribution in [0, 0.1) is 0 Å². The van der Waals surface area contributed by atoms with Crippen molar-refractivity contribution in [3.05, 3.63) is 63.2 Å². The van der Waals surface area contributed by atoms with E-state index in [1.165, 1.54) is 0 Å². The number of halogens is 3. The van der Waals surface area contributed by atoms with E-state index in [2.05, 4.69) is 5.32 Å². The van der Waals surface area contributed by atoms with Gasteiger partial charge in [0.1, 0.15) is 5.69 Å². The van der Waals surface area contributed by atoms with E-state index in [1.807, 2.05) is 19.2 Å². The number of rotatable bonds is 2. The van der Waals surface area contributed by atoms with E-state index in [4.69, 9.17) is 34.8 Å². The summed E-state index contributed by atoms with van der Waals surface area (Å²) in [5.41, 5.74) is 1.87. The number of aryl methyl sites for hydroxylation is 1. The Bertz CT molecular complexity index is 886. The van der Waals surface area contributed by atoms with Crippen LogP contribution in [0.1, 0.15) is 10.5 Å². The fourth-order valence-corrected chi connectivity index (χ4v) is 2.82. The molecular weight excluding hydrogens is 343 g/mol. The van der Waals surface area contributed by atoms with Crippen molar-refractivity contribution in [2.75, 3.05) is 5.32 Å². The highest BCUT2D eigenvalue weighted by Gasteiger charge is 2.15. The second-order valence-corrected chi connectivity index (χ2v) is 6.07. The molecule has 6 heteroatoms. The highest BCUT2D eigenvalue weighted by molar-refractivity contribution is 6.44. The maximum Gasteiger partial charge on any atom is 0.272 e. The lowest BCUT2D eigenvalue weighted by atomic mass is 10.2. The number of anilines is 1. The Balaban J connectivity index is 1.99. The third-order valence-electron chi connectivity index (χ3n) is 3.44. The first-order valence-corrected chi connectivity index (χ1v) is 7.61. The van der Waals surface area contributed by atoms with Crippen LogP contribution in [0.4, 0.5) is 5.69 Å². The number of fused-ring (bicyclic) bond motifs is 1. The van der Waals surface area contributed by atoms with Crippen LogP contribution in [-0.2, 0) is 7.05 Å². The Morgan fingerprint density at radius 3 is 2.64 bits per heavy atom. The third kappa shape index (κ3) is 2.68. The van der Waals surface area contributed by atoms with Crippen LogP contribution in [0.5, 0.6) is 0 Å². The molecule has 0 fully saturated rings. The Labute approximate surface area is 142 Å². The molecular formula is C16H11Cl3N2O. The quantitative estimate of drug-likeness (QED) is 0.658. The van der Waals surface area contributed by atoms with Crippen LogP contribution < -0.4 is 5.32 Å². The van der Waals surface area contributed by atoms with Gasteiger partial charge in [0.15, 0.2) is 0 Å². The van der Waals surface area contributed by atoms with Gasteiger partial charge in [0, 0.05) is 23.0 Å². The molecule has 22 heavy (non-hydrogen) atoms. The molecule has 2 aromatic carbocycles. The fraction of sp³-hybridized carbons (Fsp3) is 0.0625. The van der Waals surface area contributed by atoms with Crippen LogP contribution in [0.3, 0.4) is 0 Å². The average Bonchev–Trinajstić information content (AvgIpc) is 2.81. The van der Waals surface area contributed by atoms with E-state index in [-0.39, 0.29) is 5.91 Å². The van der Waals surface area contributed by atoms with E-state index in [9.17, 15) is 4.79 Å². The topological polar surface area (TPSA) is 34.0 Å². The molecule has 0 bridgehead atoms. The van der Waals surface area contributed by atoms with Crippen molar-refractivity contribution >= 4 is 57.3 Å². The number of aromatic nitrogens is 1. The summed E-state index contributed by atoms with van der Waals surface area (Å²) in [6.07, 6.45) is 0. The predicted octanol–water partition coefficient (Wildman–Crippen LogP) is 5.39. The number of nitrogens with zero attached hydrogens (tertiary/aromatic N) is 1. The molecule has 0 saturated heterocycles. The van der Waals surface area contributed by atoms with Crippen LogP contribution in [0.25, 0.3) is 10.9 Å². The van der Waals surface area contributed by atoms with Crippen LogP contribution in [0.2, 0.25) is 15.1 Å². The molecule has 0 saturated carbocycles. The van der Waals surface area contributed by atoms with Crippen molar-refractivity contribution in [3.63, 3.8) is 0 Å². The van der Waals surface area contributed by atoms with E-state index < -0.39 is 0 Å². The van der Waals surface area contributed by atoms with Gasteiger partial charge in [-0.05, 0) is 30.3 Å². The molecule has 3 rings (SSSR count). The number of nitrogens with one attached hydrogen (secondary N) is 1. The molecule has 1 amide bonds. The molecule has 1 aromatic heterocycles. The normalized spacial score (nSPS) is 10.9. The summed E-state index contributed by atoms with van der Waals surface area (Å²) in [5, 5.41) is 5.05. The molecule has 3 nitrogen and oxygen atoms in total. The lowest BCUT2D eigenvalue weighted by Gasteiger charge is -2.09. The highest BCUT2D eigenvalue weighted by Crippen LogP contribution is 2.30. The summed E-state index contributed by atoms with van der Waals surface area (Å²) in [7, 11) is 1.81. The maximum absolute atomic E-state index is 12.5. The second-order valence-electron chi connectivity index (χ2n) is 4.85. The van der Waals surface area contributed by atoms with E-state index in [1.54, 1.807) is 34.9 Å². The Morgan fingerprint density at radius 2 is 1.86 bits per heavy atom. The van der Waals surface area contributed by atoms with Gasteiger partial charge in [0.2, 0.25) is 0 Å². The lowest BCUT2D eigenvalue weighted by molar-refractivity contribution is 0.102. The smallest absolute Gasteiger partial charge is 0.272 e. The molecule has 0 unspecified atom stereocenters. The number of carbonyl (C=O) groups excluding carboxylic acids is 1. The van der Waals surface area contributed by atoms with Crippen molar-refractivity contribution in [1.29, 1.82) is 0 Å². The average molecular weight is 354 g/mol. The van der Waals surface area contributed by atoms with Crippen LogP contribution in [-0.4, -0.2) is 10.5 Å². The monoisotopic (exact) mass is 352 g/mol. The van der Waals surface area contributed by atoms with Crippen molar-refractivity contribution in [2.45, 2.75) is 0 Å². The molecule has 1 N–H and O–H groups in total.